The third kappa shape index (κ3) is 4.06. The molecule has 0 atom stereocenters. The molecule has 0 N–H and O–H groups in total. The molecule has 0 aliphatic heterocycles. The van der Waals surface area contributed by atoms with Crippen LogP contribution in [0.2, 0.25) is 0 Å². The zero-order valence-corrected chi connectivity index (χ0v) is 19.4. The average Bonchev–Trinajstić information content (AvgIpc) is 2.77. The minimum atomic E-state index is -0.269. The van der Waals surface area contributed by atoms with Crippen LogP contribution >= 0.6 is 23.6 Å². The fourth-order valence-corrected chi connectivity index (χ4v) is 4.92. The van der Waals surface area contributed by atoms with Crippen molar-refractivity contribution in [2.75, 3.05) is 11.9 Å². The Bertz CT molecular complexity index is 1460. The lowest BCUT2D eigenvalue weighted by Gasteiger charge is -2.22. The molecule has 0 saturated heterocycles. The van der Waals surface area contributed by atoms with Crippen LogP contribution in [-0.4, -0.2) is 21.0 Å². The number of anilines is 1. The van der Waals surface area contributed by atoms with Crippen LogP contribution in [0.5, 0.6) is 0 Å². The van der Waals surface area contributed by atoms with Crippen molar-refractivity contribution in [3.05, 3.63) is 103 Å². The molecule has 0 spiro atoms. The minimum Gasteiger partial charge on any atom is -0.355 e. The maximum atomic E-state index is 13.6. The van der Waals surface area contributed by atoms with E-state index < -0.39 is 0 Å². The third-order valence-electron chi connectivity index (χ3n) is 5.15. The molecule has 4 aromatic rings. The number of fused-ring (bicyclic) bond motifs is 1. The quantitative estimate of drug-likeness (QED) is 0.313. The molecule has 8 heteroatoms. The zero-order chi connectivity index (χ0) is 22.8. The molecule has 0 radical (unpaired) electrons. The monoisotopic (exact) mass is 462 g/mol. The second-order valence-electron chi connectivity index (χ2n) is 7.46. The first-order valence-electron chi connectivity index (χ1n) is 10.0. The van der Waals surface area contributed by atoms with E-state index in [0.29, 0.717) is 38.9 Å². The number of nitrogens with zero attached hydrogens (tertiary/aromatic N) is 4. The van der Waals surface area contributed by atoms with Crippen molar-refractivity contribution in [2.24, 2.45) is 0 Å². The van der Waals surface area contributed by atoms with Gasteiger partial charge in [-0.05, 0) is 36.3 Å². The Morgan fingerprint density at radius 1 is 1.19 bits per heavy atom. The molecular weight excluding hydrogens is 440 g/mol. The van der Waals surface area contributed by atoms with Crippen molar-refractivity contribution >= 4 is 35.0 Å². The highest BCUT2D eigenvalue weighted by Gasteiger charge is 2.21. The number of rotatable bonds is 6. The van der Waals surface area contributed by atoms with Gasteiger partial charge in [-0.2, -0.15) is 0 Å². The van der Waals surface area contributed by atoms with Crippen LogP contribution in [0, 0.1) is 10.9 Å². The molecule has 0 amide bonds. The molecule has 0 aliphatic carbocycles. The van der Waals surface area contributed by atoms with Crippen LogP contribution in [0.25, 0.3) is 16.1 Å². The molecule has 32 heavy (non-hydrogen) atoms. The van der Waals surface area contributed by atoms with E-state index in [4.69, 9.17) is 17.2 Å². The van der Waals surface area contributed by atoms with Crippen LogP contribution in [0.1, 0.15) is 11.1 Å². The number of allylic oxidation sites excluding steroid dienone is 1. The number of aromatic nitrogens is 3. The Hall–Kier alpha value is -3.36. The van der Waals surface area contributed by atoms with Gasteiger partial charge in [0.05, 0.1) is 4.88 Å². The summed E-state index contributed by atoms with van der Waals surface area (Å²) in [6.07, 6.45) is 3.32. The largest absolute Gasteiger partial charge is 0.355 e. The van der Waals surface area contributed by atoms with Gasteiger partial charge in [-0.15, -0.1) is 17.9 Å². The van der Waals surface area contributed by atoms with Crippen LogP contribution < -0.4 is 16.0 Å². The van der Waals surface area contributed by atoms with Gasteiger partial charge in [-0.1, -0.05) is 42.5 Å². The van der Waals surface area contributed by atoms with Crippen molar-refractivity contribution in [1.82, 2.24) is 14.0 Å². The Morgan fingerprint density at radius 3 is 2.62 bits per heavy atom. The number of hydrogen-bond donors (Lipinski definition) is 0. The highest BCUT2D eigenvalue weighted by molar-refractivity contribution is 7.73. The standard InChI is InChI=1S/C24H22N4O2S2/c1-4-12-27-19(29)14-18(32-24(27)31)20-22(26(3)15-17-10-6-5-7-11-17)25-21-16(2)9-8-13-28(21)23(20)30/h4-11,13-14H,1,12,15H2,2-3H3. The fourth-order valence-electron chi connectivity index (χ4n) is 3.59. The topological polar surface area (TPSA) is 59.6 Å². The number of aryl methyl sites for hydroxylation is 1. The molecule has 3 aromatic heterocycles. The SMILES string of the molecule is C=CCn1c(=O)cc(-c2c(N(C)Cc3ccccc3)nc3c(C)cccn3c2=O)sc1=S. The zero-order valence-electron chi connectivity index (χ0n) is 17.8. The van der Waals surface area contributed by atoms with Crippen molar-refractivity contribution in [1.29, 1.82) is 0 Å². The molecule has 0 unspecified atom stereocenters. The van der Waals surface area contributed by atoms with E-state index in [0.717, 1.165) is 11.1 Å². The Kier molecular flexibility index (Phi) is 6.16. The smallest absolute Gasteiger partial charge is 0.268 e. The van der Waals surface area contributed by atoms with E-state index in [1.54, 1.807) is 12.3 Å². The van der Waals surface area contributed by atoms with Gasteiger partial charge in [-0.3, -0.25) is 18.6 Å². The van der Waals surface area contributed by atoms with Gasteiger partial charge in [0.2, 0.25) is 0 Å². The third-order valence-corrected chi connectivity index (χ3v) is 6.56. The lowest BCUT2D eigenvalue weighted by molar-refractivity contribution is 0.783. The van der Waals surface area contributed by atoms with Crippen molar-refractivity contribution in [2.45, 2.75) is 20.0 Å². The van der Waals surface area contributed by atoms with E-state index in [1.165, 1.54) is 26.4 Å². The van der Waals surface area contributed by atoms with Gasteiger partial charge < -0.3 is 4.90 Å². The van der Waals surface area contributed by atoms with Gasteiger partial charge in [0.25, 0.3) is 11.1 Å². The second kappa shape index (κ2) is 9.02. The first kappa shape index (κ1) is 21.9. The average molecular weight is 463 g/mol. The molecule has 0 fully saturated rings. The summed E-state index contributed by atoms with van der Waals surface area (Å²) in [6.45, 7) is 6.48. The lowest BCUT2D eigenvalue weighted by Crippen LogP contribution is -2.26. The number of hydrogen-bond acceptors (Lipinski definition) is 6. The van der Waals surface area contributed by atoms with E-state index in [-0.39, 0.29) is 11.1 Å². The predicted molar refractivity (Wildman–Crippen MR) is 133 cm³/mol. The Balaban J connectivity index is 1.99. The maximum absolute atomic E-state index is 13.6. The molecular formula is C24H22N4O2S2. The van der Waals surface area contributed by atoms with Crippen molar-refractivity contribution in [3.63, 3.8) is 0 Å². The Labute approximate surface area is 194 Å². The summed E-state index contributed by atoms with van der Waals surface area (Å²) in [5.41, 5.74) is 2.42. The summed E-state index contributed by atoms with van der Waals surface area (Å²) in [7, 11) is 1.89. The molecule has 3 heterocycles. The highest BCUT2D eigenvalue weighted by Crippen LogP contribution is 2.30. The predicted octanol–water partition coefficient (Wildman–Crippen LogP) is 4.45. The molecule has 6 nitrogen and oxygen atoms in total. The second-order valence-corrected chi connectivity index (χ2v) is 9.13. The summed E-state index contributed by atoms with van der Waals surface area (Å²) in [4.78, 5) is 33.7. The summed E-state index contributed by atoms with van der Waals surface area (Å²) in [5.74, 6) is 0.514. The molecule has 4 rings (SSSR count). The van der Waals surface area contributed by atoms with E-state index >= 15 is 0 Å². The minimum absolute atomic E-state index is 0.236. The van der Waals surface area contributed by atoms with Crippen LogP contribution in [-0.2, 0) is 13.1 Å². The summed E-state index contributed by atoms with van der Waals surface area (Å²) < 4.78 is 3.37. The number of benzene rings is 1. The van der Waals surface area contributed by atoms with Crippen molar-refractivity contribution in [3.8, 4) is 10.4 Å². The van der Waals surface area contributed by atoms with Gasteiger partial charge in [0.1, 0.15) is 17.0 Å². The van der Waals surface area contributed by atoms with Crippen LogP contribution in [0.15, 0.2) is 77.0 Å². The van der Waals surface area contributed by atoms with Gasteiger partial charge in [0.15, 0.2) is 3.95 Å². The molecule has 0 aliphatic rings. The Morgan fingerprint density at radius 2 is 1.94 bits per heavy atom. The van der Waals surface area contributed by atoms with Crippen LogP contribution in [0.3, 0.4) is 0 Å². The van der Waals surface area contributed by atoms with Gasteiger partial charge >= 0.3 is 0 Å². The molecule has 1 aromatic carbocycles. The molecule has 0 saturated carbocycles. The van der Waals surface area contributed by atoms with E-state index in [1.807, 2.05) is 61.3 Å². The summed E-state index contributed by atoms with van der Waals surface area (Å²) >= 11 is 6.68. The van der Waals surface area contributed by atoms with Crippen LogP contribution in [0.4, 0.5) is 5.82 Å². The molecule has 0 bridgehead atoms. The maximum Gasteiger partial charge on any atom is 0.268 e. The first-order valence-corrected chi connectivity index (χ1v) is 11.3. The lowest BCUT2D eigenvalue weighted by atomic mass is 10.2. The fraction of sp³-hybridized carbons (Fsp3) is 0.167. The van der Waals surface area contributed by atoms with E-state index in [2.05, 4.69) is 6.58 Å². The highest BCUT2D eigenvalue weighted by atomic mass is 32.1. The molecule has 162 valence electrons. The summed E-state index contributed by atoms with van der Waals surface area (Å²) in [5, 5.41) is 0. The normalized spacial score (nSPS) is 10.9. The summed E-state index contributed by atoms with van der Waals surface area (Å²) in [6, 6.07) is 15.2. The first-order chi connectivity index (χ1) is 15.4. The van der Waals surface area contributed by atoms with E-state index in [9.17, 15) is 9.59 Å². The van der Waals surface area contributed by atoms with Gasteiger partial charge in [-0.25, -0.2) is 4.98 Å². The van der Waals surface area contributed by atoms with Crippen molar-refractivity contribution < 1.29 is 0 Å². The number of pyridine rings is 1. The van der Waals surface area contributed by atoms with Gasteiger partial charge in [0, 0.05) is 32.4 Å².